The van der Waals surface area contributed by atoms with E-state index in [0.29, 0.717) is 17.8 Å². The van der Waals surface area contributed by atoms with Crippen molar-refractivity contribution >= 4 is 10.1 Å². The number of hydrogen-bond acceptors (Lipinski definition) is 3. The number of benzene rings is 1. The van der Waals surface area contributed by atoms with Gasteiger partial charge in [-0.15, -0.1) is 0 Å². The van der Waals surface area contributed by atoms with Crippen LogP contribution >= 0.6 is 0 Å². The molecule has 0 spiro atoms. The lowest BCUT2D eigenvalue weighted by molar-refractivity contribution is -0.00910. The van der Waals surface area contributed by atoms with Crippen molar-refractivity contribution in [1.82, 2.24) is 0 Å². The zero-order chi connectivity index (χ0) is 16.0. The Bertz CT molecular complexity index is 684. The van der Waals surface area contributed by atoms with Gasteiger partial charge in [0.15, 0.2) is 0 Å². The Hall–Kier alpha value is -1.13. The van der Waals surface area contributed by atoms with Crippen molar-refractivity contribution in [2.75, 3.05) is 6.61 Å². The second-order valence-corrected chi connectivity index (χ2v) is 8.78. The molecule has 0 aliphatic heterocycles. The summed E-state index contributed by atoms with van der Waals surface area (Å²) in [6.07, 6.45) is 5.39. The zero-order valence-electron chi connectivity index (χ0n) is 13.5. The largest absolute Gasteiger partial charge is 0.296 e. The maximum Gasteiger partial charge on any atom is 0.296 e. The Morgan fingerprint density at radius 3 is 2.50 bits per heavy atom. The third kappa shape index (κ3) is 2.74. The van der Waals surface area contributed by atoms with Crippen LogP contribution in [0, 0.1) is 24.2 Å². The Kier molecular flexibility index (Phi) is 3.94. The van der Waals surface area contributed by atoms with Crippen LogP contribution in [0.4, 0.5) is 0 Å². The predicted octanol–water partition coefficient (Wildman–Crippen LogP) is 4.08. The predicted molar refractivity (Wildman–Crippen MR) is 87.0 cm³/mol. The van der Waals surface area contributed by atoms with Crippen molar-refractivity contribution in [3.63, 3.8) is 0 Å². The molecule has 0 saturated heterocycles. The molecule has 0 radical (unpaired) electrons. The first kappa shape index (κ1) is 15.8. The minimum Gasteiger partial charge on any atom is -0.266 e. The molecule has 1 aromatic rings. The Labute approximate surface area is 133 Å². The van der Waals surface area contributed by atoms with Gasteiger partial charge < -0.3 is 0 Å². The van der Waals surface area contributed by atoms with Gasteiger partial charge in [-0.2, -0.15) is 8.42 Å². The van der Waals surface area contributed by atoms with Gasteiger partial charge in [-0.25, -0.2) is 0 Å². The molecule has 2 bridgehead atoms. The van der Waals surface area contributed by atoms with E-state index in [4.69, 9.17) is 4.18 Å². The van der Waals surface area contributed by atoms with Gasteiger partial charge in [-0.3, -0.25) is 4.18 Å². The third-order valence-electron chi connectivity index (χ3n) is 5.52. The summed E-state index contributed by atoms with van der Waals surface area (Å²) in [5.41, 5.74) is 2.79. The summed E-state index contributed by atoms with van der Waals surface area (Å²) in [5.74, 6) is 1.41. The summed E-state index contributed by atoms with van der Waals surface area (Å²) < 4.78 is 29.5. The minimum atomic E-state index is -3.64. The highest BCUT2D eigenvalue weighted by atomic mass is 32.2. The van der Waals surface area contributed by atoms with Crippen LogP contribution in [0.3, 0.4) is 0 Å². The molecule has 4 rings (SSSR count). The van der Waals surface area contributed by atoms with Gasteiger partial charge in [-0.05, 0) is 55.6 Å². The van der Waals surface area contributed by atoms with E-state index in [1.54, 1.807) is 24.3 Å². The van der Waals surface area contributed by atoms with E-state index in [2.05, 4.69) is 19.9 Å². The summed E-state index contributed by atoms with van der Waals surface area (Å²) in [5, 5.41) is 0. The zero-order valence-corrected chi connectivity index (χ0v) is 14.3. The molecule has 3 aliphatic carbocycles. The summed E-state index contributed by atoms with van der Waals surface area (Å²) in [4.78, 5) is 0.236. The molecule has 22 heavy (non-hydrogen) atoms. The van der Waals surface area contributed by atoms with E-state index in [-0.39, 0.29) is 11.5 Å². The van der Waals surface area contributed by atoms with Crippen molar-refractivity contribution in [2.45, 2.75) is 44.9 Å². The molecule has 1 aromatic carbocycles. The second kappa shape index (κ2) is 5.50. The van der Waals surface area contributed by atoms with E-state index in [1.807, 2.05) is 6.92 Å². The van der Waals surface area contributed by atoms with Crippen molar-refractivity contribution < 1.29 is 12.6 Å². The van der Waals surface area contributed by atoms with E-state index in [1.165, 1.54) is 12.0 Å². The fraction of sp³-hybridized carbons (Fsp3) is 0.556. The lowest BCUT2D eigenvalue weighted by Gasteiger charge is -2.56. The highest BCUT2D eigenvalue weighted by Gasteiger charge is 2.50. The van der Waals surface area contributed by atoms with Gasteiger partial charge in [-0.1, -0.05) is 43.2 Å². The first-order valence-electron chi connectivity index (χ1n) is 7.96. The number of hydrogen-bond donors (Lipinski definition) is 0. The molecule has 0 aromatic heterocycles. The van der Waals surface area contributed by atoms with Crippen molar-refractivity contribution in [3.8, 4) is 0 Å². The van der Waals surface area contributed by atoms with Crippen LogP contribution < -0.4 is 0 Å². The highest BCUT2D eigenvalue weighted by molar-refractivity contribution is 7.86. The topological polar surface area (TPSA) is 43.4 Å². The highest BCUT2D eigenvalue weighted by Crippen LogP contribution is 2.59. The summed E-state index contributed by atoms with van der Waals surface area (Å²) in [6.45, 7) is 6.81. The smallest absolute Gasteiger partial charge is 0.266 e. The van der Waals surface area contributed by atoms with E-state index < -0.39 is 10.1 Å². The van der Waals surface area contributed by atoms with Gasteiger partial charge >= 0.3 is 0 Å². The molecule has 120 valence electrons. The Morgan fingerprint density at radius 2 is 1.91 bits per heavy atom. The fourth-order valence-corrected chi connectivity index (χ4v) is 4.71. The lowest BCUT2D eigenvalue weighted by Crippen LogP contribution is -2.48. The first-order chi connectivity index (χ1) is 10.3. The summed E-state index contributed by atoms with van der Waals surface area (Å²) in [7, 11) is -3.64. The average molecular weight is 320 g/mol. The van der Waals surface area contributed by atoms with Crippen LogP contribution in [0.5, 0.6) is 0 Å². The molecule has 1 fully saturated rings. The Balaban J connectivity index is 1.59. The van der Waals surface area contributed by atoms with Crippen LogP contribution in [0.2, 0.25) is 0 Å². The molecule has 2 atom stereocenters. The van der Waals surface area contributed by atoms with Gasteiger partial charge in [0, 0.05) is 0 Å². The summed E-state index contributed by atoms with van der Waals surface area (Å²) >= 11 is 0. The SMILES string of the molecule is Cc1ccc(S(=O)(=O)OCCC2=CC[C@H]3C[C@H]2C3(C)C)cc1. The molecule has 1 saturated carbocycles. The van der Waals surface area contributed by atoms with Gasteiger partial charge in [0.1, 0.15) is 0 Å². The number of aryl methyl sites for hydroxylation is 1. The Morgan fingerprint density at radius 1 is 1.23 bits per heavy atom. The molecule has 0 heterocycles. The molecular weight excluding hydrogens is 296 g/mol. The molecule has 0 N–H and O–H groups in total. The third-order valence-corrected chi connectivity index (χ3v) is 6.85. The maximum absolute atomic E-state index is 12.2. The second-order valence-electron chi connectivity index (χ2n) is 7.16. The van der Waals surface area contributed by atoms with Crippen LogP contribution in [0.1, 0.15) is 38.7 Å². The van der Waals surface area contributed by atoms with E-state index in [0.717, 1.165) is 17.9 Å². The fourth-order valence-electron chi connectivity index (χ4n) is 3.80. The molecule has 3 aliphatic rings. The maximum atomic E-state index is 12.2. The van der Waals surface area contributed by atoms with Crippen LogP contribution in [0.25, 0.3) is 0 Å². The molecule has 0 unspecified atom stereocenters. The lowest BCUT2D eigenvalue weighted by atomic mass is 9.48. The first-order valence-corrected chi connectivity index (χ1v) is 9.36. The minimum absolute atomic E-state index is 0.235. The van der Waals surface area contributed by atoms with Crippen molar-refractivity contribution in [3.05, 3.63) is 41.5 Å². The van der Waals surface area contributed by atoms with Crippen LogP contribution in [0.15, 0.2) is 40.8 Å². The van der Waals surface area contributed by atoms with Gasteiger partial charge in [0.25, 0.3) is 10.1 Å². The van der Waals surface area contributed by atoms with E-state index in [9.17, 15) is 8.42 Å². The van der Waals surface area contributed by atoms with Crippen molar-refractivity contribution in [2.24, 2.45) is 17.3 Å². The van der Waals surface area contributed by atoms with Crippen LogP contribution in [-0.2, 0) is 14.3 Å². The average Bonchev–Trinajstić information content (AvgIpc) is 2.47. The normalized spacial score (nSPS) is 26.2. The number of rotatable bonds is 5. The van der Waals surface area contributed by atoms with Gasteiger partial charge in [0.2, 0.25) is 0 Å². The number of fused-ring (bicyclic) bond motifs is 1. The van der Waals surface area contributed by atoms with E-state index >= 15 is 0 Å². The van der Waals surface area contributed by atoms with Gasteiger partial charge in [0.05, 0.1) is 11.5 Å². The van der Waals surface area contributed by atoms with Crippen LogP contribution in [-0.4, -0.2) is 15.0 Å². The standard InChI is InChI=1S/C18H24O3S/c1-13-4-8-16(9-5-13)22(19,20)21-11-10-14-6-7-15-12-17(14)18(15,2)3/h4-6,8-9,15,17H,7,10-12H2,1-3H3/t15-,17+/m0/s1. The monoisotopic (exact) mass is 320 g/mol. The molecule has 3 nitrogen and oxygen atoms in total. The van der Waals surface area contributed by atoms with Crippen molar-refractivity contribution in [1.29, 1.82) is 0 Å². The molecule has 0 amide bonds. The molecular formula is C18H24O3S. The quantitative estimate of drug-likeness (QED) is 0.606. The summed E-state index contributed by atoms with van der Waals surface area (Å²) in [6, 6.07) is 6.78. The number of allylic oxidation sites excluding steroid dienone is 1. The molecule has 4 heteroatoms.